The van der Waals surface area contributed by atoms with Gasteiger partial charge in [-0.25, -0.2) is 0 Å². The minimum Gasteiger partial charge on any atom is -0.463 e. The quantitative estimate of drug-likeness (QED) is 0.305. The van der Waals surface area contributed by atoms with Gasteiger partial charge in [-0.05, 0) is 46.9 Å². The minimum atomic E-state index is -1.16. The predicted molar refractivity (Wildman–Crippen MR) is 114 cm³/mol. The van der Waals surface area contributed by atoms with Crippen LogP contribution >= 0.6 is 22.6 Å². The number of ether oxygens (including phenoxy) is 5. The van der Waals surface area contributed by atoms with Gasteiger partial charge in [0, 0.05) is 31.3 Å². The summed E-state index contributed by atoms with van der Waals surface area (Å²) in [6.07, 6.45) is -4.47. The van der Waals surface area contributed by atoms with Crippen molar-refractivity contribution in [2.24, 2.45) is 0 Å². The third-order valence-corrected chi connectivity index (χ3v) is 4.86. The van der Waals surface area contributed by atoms with Gasteiger partial charge in [0.05, 0.1) is 0 Å². The van der Waals surface area contributed by atoms with Crippen molar-refractivity contribution in [1.29, 1.82) is 0 Å². The van der Waals surface area contributed by atoms with Crippen molar-refractivity contribution in [1.82, 2.24) is 5.32 Å². The number of benzene rings is 1. The monoisotopic (exact) mass is 549 g/mol. The van der Waals surface area contributed by atoms with E-state index in [1.165, 1.54) is 27.7 Å². The van der Waals surface area contributed by atoms with Crippen LogP contribution in [0.1, 0.15) is 27.7 Å². The highest BCUT2D eigenvalue weighted by Gasteiger charge is 2.51. The van der Waals surface area contributed by atoms with Gasteiger partial charge < -0.3 is 29.0 Å². The van der Waals surface area contributed by atoms with Crippen molar-refractivity contribution in [3.05, 3.63) is 27.8 Å². The molecule has 1 N–H and O–H groups in total. The Morgan fingerprint density at radius 1 is 0.935 bits per heavy atom. The lowest BCUT2D eigenvalue weighted by molar-refractivity contribution is -0.257. The minimum absolute atomic E-state index is 0.287. The molecule has 0 unspecified atom stereocenters. The lowest BCUT2D eigenvalue weighted by atomic mass is 9.96. The molecule has 0 spiro atoms. The van der Waals surface area contributed by atoms with E-state index in [9.17, 15) is 19.2 Å². The zero-order chi connectivity index (χ0) is 23.1. The molecule has 1 heterocycles. The van der Waals surface area contributed by atoms with Gasteiger partial charge >= 0.3 is 17.9 Å². The van der Waals surface area contributed by atoms with E-state index >= 15 is 0 Å². The molecule has 0 aliphatic carbocycles. The molecule has 0 saturated carbocycles. The lowest BCUT2D eigenvalue weighted by Gasteiger charge is -2.44. The maximum atomic E-state index is 11.9. The highest BCUT2D eigenvalue weighted by atomic mass is 127. The van der Waals surface area contributed by atoms with Crippen LogP contribution in [-0.2, 0) is 38.1 Å². The summed E-state index contributed by atoms with van der Waals surface area (Å²) in [5.41, 5.74) is 0. The van der Waals surface area contributed by atoms with Crippen LogP contribution in [-0.4, -0.2) is 61.1 Å². The molecule has 0 bridgehead atoms. The number of rotatable bonds is 7. The van der Waals surface area contributed by atoms with Crippen LogP contribution in [0.3, 0.4) is 0 Å². The van der Waals surface area contributed by atoms with E-state index in [1.807, 2.05) is 12.1 Å². The van der Waals surface area contributed by atoms with Crippen molar-refractivity contribution in [2.75, 3.05) is 6.61 Å². The van der Waals surface area contributed by atoms with E-state index in [1.54, 1.807) is 12.1 Å². The Bertz CT molecular complexity index is 813. The van der Waals surface area contributed by atoms with E-state index in [2.05, 4.69) is 27.9 Å². The summed E-state index contributed by atoms with van der Waals surface area (Å²) in [7, 11) is 0. The number of hydrogen-bond acceptors (Lipinski definition) is 9. The summed E-state index contributed by atoms with van der Waals surface area (Å²) in [5, 5.41) is 2.64. The first-order chi connectivity index (χ1) is 14.6. The number of hydrogen-bond donors (Lipinski definition) is 1. The molecule has 1 fully saturated rings. The van der Waals surface area contributed by atoms with Gasteiger partial charge in [0.25, 0.3) is 0 Å². The van der Waals surface area contributed by atoms with Crippen LogP contribution < -0.4 is 10.1 Å². The third-order valence-electron chi connectivity index (χ3n) is 4.14. The van der Waals surface area contributed by atoms with Gasteiger partial charge in [0.15, 0.2) is 12.2 Å². The summed E-state index contributed by atoms with van der Waals surface area (Å²) in [6.45, 7) is 4.56. The second-order valence-electron chi connectivity index (χ2n) is 6.79. The van der Waals surface area contributed by atoms with Gasteiger partial charge in [-0.15, -0.1) is 0 Å². The molecule has 2 rings (SSSR count). The zero-order valence-corrected chi connectivity index (χ0v) is 19.6. The van der Waals surface area contributed by atoms with Crippen LogP contribution in [0, 0.1) is 3.57 Å². The van der Waals surface area contributed by atoms with Crippen molar-refractivity contribution in [2.45, 2.75) is 58.3 Å². The molecular weight excluding hydrogens is 525 g/mol. The summed E-state index contributed by atoms with van der Waals surface area (Å²) < 4.78 is 28.6. The SMILES string of the molecule is CC(=O)N[C@@H]1[C@@H](Oc2ccc(I)cc2)O[C@@H](COC(C)=O)[C@@H](OC(C)=O)[C@@H]1OC(C)=O. The molecule has 0 radical (unpaired) electrons. The van der Waals surface area contributed by atoms with E-state index in [0.717, 1.165) is 3.57 Å². The summed E-state index contributed by atoms with van der Waals surface area (Å²) in [6, 6.07) is 6.02. The fourth-order valence-corrected chi connectivity index (χ4v) is 3.40. The molecule has 1 aromatic rings. The van der Waals surface area contributed by atoms with Gasteiger partial charge in [-0.3, -0.25) is 19.2 Å². The van der Waals surface area contributed by atoms with E-state index < -0.39 is 54.5 Å². The molecule has 1 aliphatic rings. The average Bonchev–Trinajstić information content (AvgIpc) is 2.65. The highest BCUT2D eigenvalue weighted by molar-refractivity contribution is 14.1. The Labute approximate surface area is 193 Å². The number of esters is 3. The Hall–Kier alpha value is -2.41. The summed E-state index contributed by atoms with van der Waals surface area (Å²) in [4.78, 5) is 46.7. The molecule has 5 atom stereocenters. The highest BCUT2D eigenvalue weighted by Crippen LogP contribution is 2.29. The molecule has 1 saturated heterocycles. The van der Waals surface area contributed by atoms with Gasteiger partial charge in [0.1, 0.15) is 24.5 Å². The van der Waals surface area contributed by atoms with E-state index in [-0.39, 0.29) is 6.61 Å². The molecule has 1 amide bonds. The lowest BCUT2D eigenvalue weighted by Crippen LogP contribution is -2.67. The summed E-state index contributed by atoms with van der Waals surface area (Å²) >= 11 is 2.14. The smallest absolute Gasteiger partial charge is 0.303 e. The Balaban J connectivity index is 2.43. The molecule has 170 valence electrons. The van der Waals surface area contributed by atoms with Crippen LogP contribution in [0.15, 0.2) is 24.3 Å². The average molecular weight is 549 g/mol. The van der Waals surface area contributed by atoms with Crippen LogP contribution in [0.5, 0.6) is 5.75 Å². The first-order valence-corrected chi connectivity index (χ1v) is 10.5. The third kappa shape index (κ3) is 7.65. The van der Waals surface area contributed by atoms with Gasteiger partial charge in [0.2, 0.25) is 12.2 Å². The Morgan fingerprint density at radius 2 is 1.52 bits per heavy atom. The summed E-state index contributed by atoms with van der Waals surface area (Å²) in [5.74, 6) is -1.93. The maximum absolute atomic E-state index is 11.9. The van der Waals surface area contributed by atoms with Crippen molar-refractivity contribution in [3.8, 4) is 5.75 Å². The van der Waals surface area contributed by atoms with Gasteiger partial charge in [-0.1, -0.05) is 0 Å². The Kier molecular flexibility index (Phi) is 9.04. The largest absolute Gasteiger partial charge is 0.463 e. The normalized spacial score (nSPS) is 25.1. The van der Waals surface area contributed by atoms with Crippen LogP contribution in [0.2, 0.25) is 0 Å². The van der Waals surface area contributed by atoms with E-state index in [0.29, 0.717) is 5.75 Å². The number of halogens is 1. The van der Waals surface area contributed by atoms with Crippen molar-refractivity contribution >= 4 is 46.4 Å². The van der Waals surface area contributed by atoms with Crippen molar-refractivity contribution < 1.29 is 42.9 Å². The van der Waals surface area contributed by atoms with Crippen LogP contribution in [0.4, 0.5) is 0 Å². The first kappa shape index (κ1) is 24.9. The maximum Gasteiger partial charge on any atom is 0.303 e. The molecule has 1 aromatic carbocycles. The number of carbonyl (C=O) groups excluding carboxylic acids is 4. The zero-order valence-electron chi connectivity index (χ0n) is 17.5. The predicted octanol–water partition coefficient (Wildman–Crippen LogP) is 1.33. The first-order valence-electron chi connectivity index (χ1n) is 9.39. The fraction of sp³-hybridized carbons (Fsp3) is 0.500. The molecule has 31 heavy (non-hydrogen) atoms. The van der Waals surface area contributed by atoms with Crippen molar-refractivity contribution in [3.63, 3.8) is 0 Å². The number of amides is 1. The second-order valence-corrected chi connectivity index (χ2v) is 8.04. The van der Waals surface area contributed by atoms with E-state index in [4.69, 9.17) is 23.7 Å². The fourth-order valence-electron chi connectivity index (χ4n) is 3.04. The number of nitrogens with one attached hydrogen (secondary N) is 1. The second kappa shape index (κ2) is 11.3. The number of carbonyl (C=O) groups is 4. The standard InChI is InChI=1S/C20H24INO9/c1-10(23)22-17-19(29-13(4)26)18(28-12(3)25)16(9-27-11(2)24)31-20(17)30-15-7-5-14(21)6-8-15/h5-8,16-20H,9H2,1-4H3,(H,22,23)/t16-,17-,18+,19+,20-/m0/s1. The molecule has 10 nitrogen and oxygen atoms in total. The Morgan fingerprint density at radius 3 is 2.03 bits per heavy atom. The molecular formula is C20H24INO9. The van der Waals surface area contributed by atoms with Gasteiger partial charge in [-0.2, -0.15) is 0 Å². The topological polar surface area (TPSA) is 126 Å². The molecule has 0 aromatic heterocycles. The van der Waals surface area contributed by atoms with Crippen LogP contribution in [0.25, 0.3) is 0 Å². The molecule has 11 heteroatoms. The molecule has 1 aliphatic heterocycles.